The van der Waals surface area contributed by atoms with Crippen LogP contribution >= 0.6 is 11.6 Å². The number of ketones is 1. The summed E-state index contributed by atoms with van der Waals surface area (Å²) in [7, 11) is 0. The molecular formula is C14H17ClO. The van der Waals surface area contributed by atoms with Gasteiger partial charge in [0.05, 0.1) is 0 Å². The molecule has 1 aromatic carbocycles. The van der Waals surface area contributed by atoms with Gasteiger partial charge in [-0.25, -0.2) is 0 Å². The summed E-state index contributed by atoms with van der Waals surface area (Å²) in [6.07, 6.45) is 0.906. The monoisotopic (exact) mass is 236 g/mol. The van der Waals surface area contributed by atoms with Crippen LogP contribution in [0.5, 0.6) is 0 Å². The molecule has 86 valence electrons. The van der Waals surface area contributed by atoms with Crippen molar-refractivity contribution in [1.82, 2.24) is 0 Å². The zero-order valence-corrected chi connectivity index (χ0v) is 10.7. The zero-order chi connectivity index (χ0) is 11.9. The van der Waals surface area contributed by atoms with E-state index in [0.29, 0.717) is 11.7 Å². The van der Waals surface area contributed by atoms with Gasteiger partial charge >= 0.3 is 0 Å². The molecule has 2 heteroatoms. The SMILES string of the molecule is CCC1(C)C(=O)C(C)C1c1ccc(Cl)cc1. The highest BCUT2D eigenvalue weighted by atomic mass is 35.5. The third kappa shape index (κ3) is 1.49. The second kappa shape index (κ2) is 3.89. The first-order chi connectivity index (χ1) is 7.50. The standard InChI is InChI=1S/C14H17ClO/c1-4-14(3)12(9(2)13(14)16)10-5-7-11(15)8-6-10/h5-9,12H,4H2,1-3H3. The predicted octanol–water partition coefficient (Wildman–Crippen LogP) is 4.06. The molecule has 0 amide bonds. The number of halogens is 1. The van der Waals surface area contributed by atoms with E-state index in [4.69, 9.17) is 11.6 Å². The number of carbonyl (C=O) groups is 1. The molecule has 0 bridgehead atoms. The van der Waals surface area contributed by atoms with Crippen LogP contribution in [0.25, 0.3) is 0 Å². The summed E-state index contributed by atoms with van der Waals surface area (Å²) in [5.41, 5.74) is 1.06. The van der Waals surface area contributed by atoms with Crippen molar-refractivity contribution in [2.75, 3.05) is 0 Å². The number of hydrogen-bond acceptors (Lipinski definition) is 1. The molecule has 0 spiro atoms. The molecule has 0 saturated heterocycles. The van der Waals surface area contributed by atoms with Gasteiger partial charge in [-0.05, 0) is 24.1 Å². The summed E-state index contributed by atoms with van der Waals surface area (Å²) in [6.45, 7) is 6.19. The lowest BCUT2D eigenvalue weighted by molar-refractivity contribution is -0.147. The van der Waals surface area contributed by atoms with Crippen molar-refractivity contribution in [2.45, 2.75) is 33.1 Å². The first-order valence-corrected chi connectivity index (χ1v) is 6.18. The van der Waals surface area contributed by atoms with Crippen molar-refractivity contribution in [1.29, 1.82) is 0 Å². The van der Waals surface area contributed by atoms with Crippen LogP contribution in [0.15, 0.2) is 24.3 Å². The Hall–Kier alpha value is -0.820. The van der Waals surface area contributed by atoms with E-state index in [2.05, 4.69) is 13.8 Å². The van der Waals surface area contributed by atoms with Crippen LogP contribution in [0, 0.1) is 11.3 Å². The van der Waals surface area contributed by atoms with Crippen molar-refractivity contribution in [3.63, 3.8) is 0 Å². The number of carbonyl (C=O) groups excluding carboxylic acids is 1. The molecule has 2 rings (SSSR count). The van der Waals surface area contributed by atoms with Gasteiger partial charge < -0.3 is 0 Å². The highest BCUT2D eigenvalue weighted by Crippen LogP contribution is 2.55. The fraction of sp³-hybridized carbons (Fsp3) is 0.500. The molecule has 1 fully saturated rings. The maximum atomic E-state index is 11.9. The Labute approximate surface area is 102 Å². The summed E-state index contributed by atoms with van der Waals surface area (Å²) in [5.74, 6) is 0.892. The Balaban J connectivity index is 2.34. The van der Waals surface area contributed by atoms with Crippen molar-refractivity contribution in [3.8, 4) is 0 Å². The molecule has 0 aliphatic heterocycles. The lowest BCUT2D eigenvalue weighted by atomic mass is 9.51. The Bertz CT molecular complexity index is 409. The summed E-state index contributed by atoms with van der Waals surface area (Å²) in [6, 6.07) is 7.90. The van der Waals surface area contributed by atoms with E-state index in [0.717, 1.165) is 11.4 Å². The fourth-order valence-electron chi connectivity index (χ4n) is 3.00. The predicted molar refractivity (Wildman–Crippen MR) is 66.8 cm³/mol. The molecule has 3 unspecified atom stereocenters. The van der Waals surface area contributed by atoms with Gasteiger partial charge in [0, 0.05) is 22.3 Å². The summed E-state index contributed by atoms with van der Waals surface area (Å²) in [4.78, 5) is 11.9. The molecule has 3 atom stereocenters. The Morgan fingerprint density at radius 3 is 2.38 bits per heavy atom. The molecule has 1 nitrogen and oxygen atoms in total. The second-order valence-corrected chi connectivity index (χ2v) is 5.39. The molecule has 0 aromatic heterocycles. The maximum absolute atomic E-state index is 11.9. The second-order valence-electron chi connectivity index (χ2n) is 4.95. The van der Waals surface area contributed by atoms with Crippen LogP contribution in [0.3, 0.4) is 0 Å². The number of benzene rings is 1. The van der Waals surface area contributed by atoms with E-state index in [-0.39, 0.29) is 11.3 Å². The number of Topliss-reactive ketones (excluding diaryl/α,β-unsaturated/α-hetero) is 1. The average Bonchev–Trinajstić information content (AvgIpc) is 2.31. The lowest BCUT2D eigenvalue weighted by Gasteiger charge is -2.50. The van der Waals surface area contributed by atoms with Crippen LogP contribution in [0.4, 0.5) is 0 Å². The Kier molecular flexibility index (Phi) is 2.83. The topological polar surface area (TPSA) is 17.1 Å². The molecular weight excluding hydrogens is 220 g/mol. The Morgan fingerprint density at radius 1 is 1.31 bits per heavy atom. The van der Waals surface area contributed by atoms with Crippen LogP contribution < -0.4 is 0 Å². The van der Waals surface area contributed by atoms with Crippen LogP contribution in [-0.4, -0.2) is 5.78 Å². The average molecular weight is 237 g/mol. The van der Waals surface area contributed by atoms with Crippen molar-refractivity contribution < 1.29 is 4.79 Å². The van der Waals surface area contributed by atoms with Gasteiger partial charge in [-0.2, -0.15) is 0 Å². The van der Waals surface area contributed by atoms with Crippen molar-refractivity contribution >= 4 is 17.4 Å². The van der Waals surface area contributed by atoms with Gasteiger partial charge in [0.2, 0.25) is 0 Å². The first kappa shape index (κ1) is 11.7. The van der Waals surface area contributed by atoms with Gasteiger partial charge in [-0.3, -0.25) is 4.79 Å². The molecule has 1 aromatic rings. The summed E-state index contributed by atoms with van der Waals surface area (Å²) < 4.78 is 0. The van der Waals surface area contributed by atoms with Crippen LogP contribution in [0.1, 0.15) is 38.7 Å². The highest BCUT2D eigenvalue weighted by molar-refractivity contribution is 6.30. The molecule has 1 saturated carbocycles. The molecule has 0 heterocycles. The minimum atomic E-state index is -0.173. The maximum Gasteiger partial charge on any atom is 0.142 e. The van der Waals surface area contributed by atoms with E-state index in [1.807, 2.05) is 31.2 Å². The van der Waals surface area contributed by atoms with E-state index < -0.39 is 0 Å². The van der Waals surface area contributed by atoms with Gasteiger partial charge in [0.15, 0.2) is 0 Å². The number of rotatable bonds is 2. The smallest absolute Gasteiger partial charge is 0.142 e. The minimum absolute atomic E-state index is 0.145. The molecule has 0 N–H and O–H groups in total. The lowest BCUT2D eigenvalue weighted by Crippen LogP contribution is -2.52. The minimum Gasteiger partial charge on any atom is -0.299 e. The Morgan fingerprint density at radius 2 is 1.88 bits per heavy atom. The molecule has 0 radical (unpaired) electrons. The van der Waals surface area contributed by atoms with Gasteiger partial charge in [0.1, 0.15) is 5.78 Å². The summed E-state index contributed by atoms with van der Waals surface area (Å²) in [5, 5.41) is 0.750. The van der Waals surface area contributed by atoms with E-state index in [1.54, 1.807) is 0 Å². The van der Waals surface area contributed by atoms with Crippen molar-refractivity contribution in [2.24, 2.45) is 11.3 Å². The van der Waals surface area contributed by atoms with Gasteiger partial charge in [-0.1, -0.05) is 44.5 Å². The highest BCUT2D eigenvalue weighted by Gasteiger charge is 2.55. The third-order valence-corrected chi connectivity index (χ3v) is 4.38. The van der Waals surface area contributed by atoms with Crippen LogP contribution in [-0.2, 0) is 4.79 Å². The molecule has 1 aliphatic rings. The first-order valence-electron chi connectivity index (χ1n) is 5.80. The zero-order valence-electron chi connectivity index (χ0n) is 9.96. The van der Waals surface area contributed by atoms with E-state index in [1.165, 1.54) is 5.56 Å². The molecule has 1 aliphatic carbocycles. The third-order valence-electron chi connectivity index (χ3n) is 4.13. The van der Waals surface area contributed by atoms with E-state index in [9.17, 15) is 4.79 Å². The summed E-state index contributed by atoms with van der Waals surface area (Å²) >= 11 is 5.88. The van der Waals surface area contributed by atoms with Crippen molar-refractivity contribution in [3.05, 3.63) is 34.9 Å². The normalized spacial score (nSPS) is 33.6. The molecule has 16 heavy (non-hydrogen) atoms. The van der Waals surface area contributed by atoms with Gasteiger partial charge in [-0.15, -0.1) is 0 Å². The quantitative estimate of drug-likeness (QED) is 0.757. The van der Waals surface area contributed by atoms with E-state index >= 15 is 0 Å². The van der Waals surface area contributed by atoms with Crippen LogP contribution in [0.2, 0.25) is 5.02 Å². The van der Waals surface area contributed by atoms with Gasteiger partial charge in [0.25, 0.3) is 0 Å². The number of hydrogen-bond donors (Lipinski definition) is 0. The largest absolute Gasteiger partial charge is 0.299 e. The fourth-order valence-corrected chi connectivity index (χ4v) is 3.13.